The first-order valence-corrected chi connectivity index (χ1v) is 15.1. The van der Waals surface area contributed by atoms with E-state index < -0.39 is 36.6 Å². The molecule has 1 aromatic carbocycles. The zero-order chi connectivity index (χ0) is 32.0. The van der Waals surface area contributed by atoms with Gasteiger partial charge in [-0.05, 0) is 49.8 Å². The van der Waals surface area contributed by atoms with Gasteiger partial charge >= 0.3 is 24.4 Å². The summed E-state index contributed by atoms with van der Waals surface area (Å²) in [5, 5.41) is 3.04. The number of hydrogen-bond acceptors (Lipinski definition) is 12. The second-order valence-electron chi connectivity index (χ2n) is 10.3. The van der Waals surface area contributed by atoms with Crippen molar-refractivity contribution in [3.63, 3.8) is 0 Å². The zero-order valence-corrected chi connectivity index (χ0v) is 26.4. The van der Waals surface area contributed by atoms with Gasteiger partial charge in [0, 0.05) is 6.54 Å². The van der Waals surface area contributed by atoms with Gasteiger partial charge in [0.1, 0.15) is 12.1 Å². The molecule has 0 amide bonds. The maximum Gasteiger partial charge on any atom is 0.513 e. The number of ether oxygens (including phenoxy) is 7. The second kappa shape index (κ2) is 22.1. The molecule has 0 fully saturated rings. The Morgan fingerprint density at radius 1 is 0.791 bits per heavy atom. The van der Waals surface area contributed by atoms with Crippen molar-refractivity contribution in [2.75, 3.05) is 33.5 Å². The minimum Gasteiger partial charge on any atom is -0.468 e. The maximum atomic E-state index is 12.5. The quantitative estimate of drug-likeness (QED) is 0.0758. The van der Waals surface area contributed by atoms with E-state index in [1.54, 1.807) is 13.0 Å². The third-order valence-corrected chi connectivity index (χ3v) is 6.39. The largest absolute Gasteiger partial charge is 0.513 e. The van der Waals surface area contributed by atoms with E-state index >= 15 is 0 Å². The first-order chi connectivity index (χ1) is 20.6. The lowest BCUT2D eigenvalue weighted by molar-refractivity contribution is -0.143. The number of methoxy groups -OCH3 is 1. The lowest BCUT2D eigenvalue weighted by atomic mass is 10.0. The van der Waals surface area contributed by atoms with Gasteiger partial charge in [-0.3, -0.25) is 4.79 Å². The van der Waals surface area contributed by atoms with Crippen LogP contribution in [0.5, 0.6) is 11.5 Å². The van der Waals surface area contributed by atoms with Gasteiger partial charge < -0.3 is 38.5 Å². The summed E-state index contributed by atoms with van der Waals surface area (Å²) in [6, 6.07) is 3.69. The van der Waals surface area contributed by atoms with Gasteiger partial charge in [-0.2, -0.15) is 0 Å². The van der Waals surface area contributed by atoms with Gasteiger partial charge in [-0.25, -0.2) is 14.4 Å². The topological polar surface area (TPSA) is 145 Å². The Morgan fingerprint density at radius 3 is 1.95 bits per heavy atom. The molecule has 43 heavy (non-hydrogen) atoms. The summed E-state index contributed by atoms with van der Waals surface area (Å²) in [5.74, 6) is -0.460. The molecule has 0 bridgehead atoms. The summed E-state index contributed by atoms with van der Waals surface area (Å²) in [5.41, 5.74) is 0.557. The highest BCUT2D eigenvalue weighted by Gasteiger charge is 2.23. The molecule has 0 aliphatic carbocycles. The Labute approximate surface area is 255 Å². The molecule has 0 aliphatic rings. The van der Waals surface area contributed by atoms with Crippen LogP contribution >= 0.6 is 0 Å². The Bertz CT molecular complexity index is 984. The van der Waals surface area contributed by atoms with Crippen molar-refractivity contribution in [2.45, 2.75) is 98.1 Å². The average Bonchev–Trinajstić information content (AvgIpc) is 2.99. The highest BCUT2D eigenvalue weighted by atomic mass is 16.7. The van der Waals surface area contributed by atoms with E-state index in [1.807, 2.05) is 27.7 Å². The third kappa shape index (κ3) is 16.6. The van der Waals surface area contributed by atoms with Gasteiger partial charge in [0.15, 0.2) is 11.5 Å². The summed E-state index contributed by atoms with van der Waals surface area (Å²) in [6.45, 7) is 10.5. The number of unbranched alkanes of at least 4 members (excludes halogenated alkanes) is 4. The molecule has 0 saturated carbocycles. The van der Waals surface area contributed by atoms with Crippen molar-refractivity contribution in [1.82, 2.24) is 5.32 Å². The molecule has 2 unspecified atom stereocenters. The molecule has 244 valence electrons. The number of hydrogen-bond donors (Lipinski definition) is 1. The molecular weight excluding hydrogens is 562 g/mol. The van der Waals surface area contributed by atoms with Gasteiger partial charge in [0.25, 0.3) is 0 Å². The molecule has 0 spiro atoms. The highest BCUT2D eigenvalue weighted by molar-refractivity contribution is 5.76. The van der Waals surface area contributed by atoms with Crippen LogP contribution in [0.3, 0.4) is 0 Å². The van der Waals surface area contributed by atoms with Crippen LogP contribution < -0.4 is 14.8 Å². The molecule has 12 heteroatoms. The second-order valence-corrected chi connectivity index (χ2v) is 10.3. The molecule has 12 nitrogen and oxygen atoms in total. The van der Waals surface area contributed by atoms with Crippen LogP contribution in [0.4, 0.5) is 14.4 Å². The summed E-state index contributed by atoms with van der Waals surface area (Å²) in [6.07, 6.45) is 2.82. The van der Waals surface area contributed by atoms with E-state index in [2.05, 4.69) is 5.32 Å². The fraction of sp³-hybridized carbons (Fsp3) is 0.677. The summed E-state index contributed by atoms with van der Waals surface area (Å²) >= 11 is 0. The van der Waals surface area contributed by atoms with E-state index in [4.69, 9.17) is 33.2 Å². The number of nitrogens with one attached hydrogen (secondary N) is 1. The van der Waals surface area contributed by atoms with Crippen LogP contribution in [-0.4, -0.2) is 70.1 Å². The standard InChI is InChI=1S/C31H49NO11/c1-7-10-12-16-38-29(34)42-26-15-14-24(19-27(26)43-30(35)39-17-13-11-8-2)18-25(28(33)37-6)32-20-23(5)41-31(36)40-21-22(4)9-3/h14-15,19,22-23,25,32H,7-13,16-18,20-21H2,1-6H3/t22?,23?,25-/m0/s1. The SMILES string of the molecule is CCCCCOC(=O)Oc1ccc(C[C@H](NCC(C)OC(=O)OCC(C)CC)C(=O)OC)cc1OC(=O)OCCCCC. The first kappa shape index (κ1) is 37.5. The van der Waals surface area contributed by atoms with Crippen LogP contribution in [0.15, 0.2) is 18.2 Å². The number of benzene rings is 1. The molecule has 0 aliphatic heterocycles. The first-order valence-electron chi connectivity index (χ1n) is 15.1. The molecular formula is C31H49NO11. The van der Waals surface area contributed by atoms with Crippen LogP contribution in [-0.2, 0) is 34.9 Å². The van der Waals surface area contributed by atoms with Gasteiger partial charge in [0.05, 0.1) is 26.9 Å². The van der Waals surface area contributed by atoms with E-state index in [1.165, 1.54) is 19.2 Å². The van der Waals surface area contributed by atoms with Crippen molar-refractivity contribution in [2.24, 2.45) is 5.92 Å². The minimum atomic E-state index is -0.955. The molecule has 0 radical (unpaired) electrons. The average molecular weight is 612 g/mol. The number of carbonyl (C=O) groups is 4. The summed E-state index contributed by atoms with van der Waals surface area (Å²) in [4.78, 5) is 49.1. The summed E-state index contributed by atoms with van der Waals surface area (Å²) in [7, 11) is 1.26. The monoisotopic (exact) mass is 611 g/mol. The normalized spacial score (nSPS) is 12.8. The number of esters is 1. The Morgan fingerprint density at radius 2 is 1.40 bits per heavy atom. The molecule has 0 heterocycles. The van der Waals surface area contributed by atoms with Crippen molar-refractivity contribution in [3.05, 3.63) is 23.8 Å². The van der Waals surface area contributed by atoms with Gasteiger partial charge in [-0.15, -0.1) is 0 Å². The fourth-order valence-electron chi connectivity index (χ4n) is 3.59. The lowest BCUT2D eigenvalue weighted by Crippen LogP contribution is -2.43. The lowest BCUT2D eigenvalue weighted by Gasteiger charge is -2.20. The molecule has 0 saturated heterocycles. The van der Waals surface area contributed by atoms with Gasteiger partial charge in [-0.1, -0.05) is 65.9 Å². The molecule has 0 aromatic heterocycles. The summed E-state index contributed by atoms with van der Waals surface area (Å²) < 4.78 is 36.2. The maximum absolute atomic E-state index is 12.5. The van der Waals surface area contributed by atoms with Crippen molar-refractivity contribution < 1.29 is 52.3 Å². The van der Waals surface area contributed by atoms with E-state index in [0.29, 0.717) is 18.4 Å². The van der Waals surface area contributed by atoms with Crippen molar-refractivity contribution >= 4 is 24.4 Å². The zero-order valence-electron chi connectivity index (χ0n) is 26.4. The van der Waals surface area contributed by atoms with Crippen LogP contribution in [0.1, 0.15) is 85.1 Å². The van der Waals surface area contributed by atoms with Gasteiger partial charge in [0.2, 0.25) is 0 Å². The van der Waals surface area contributed by atoms with E-state index in [-0.39, 0.29) is 50.2 Å². The van der Waals surface area contributed by atoms with Crippen LogP contribution in [0.2, 0.25) is 0 Å². The smallest absolute Gasteiger partial charge is 0.468 e. The Balaban J connectivity index is 2.96. The van der Waals surface area contributed by atoms with Crippen molar-refractivity contribution in [1.29, 1.82) is 0 Å². The molecule has 1 aromatic rings. The number of rotatable bonds is 20. The Hall–Kier alpha value is -3.54. The van der Waals surface area contributed by atoms with E-state index in [9.17, 15) is 19.2 Å². The highest BCUT2D eigenvalue weighted by Crippen LogP contribution is 2.30. The van der Waals surface area contributed by atoms with E-state index in [0.717, 1.165) is 32.1 Å². The van der Waals surface area contributed by atoms with Crippen molar-refractivity contribution in [3.8, 4) is 11.5 Å². The van der Waals surface area contributed by atoms with Crippen LogP contribution in [0, 0.1) is 5.92 Å². The molecule has 3 atom stereocenters. The third-order valence-electron chi connectivity index (χ3n) is 6.39. The fourth-order valence-corrected chi connectivity index (χ4v) is 3.59. The molecule has 1 rings (SSSR count). The van der Waals surface area contributed by atoms with Crippen LogP contribution in [0.25, 0.3) is 0 Å². The predicted molar refractivity (Wildman–Crippen MR) is 158 cm³/mol. The minimum absolute atomic E-state index is 0.0461. The number of carbonyl (C=O) groups excluding carboxylic acids is 4. The Kier molecular flexibility index (Phi) is 19.2. The molecule has 1 N–H and O–H groups in total. The predicted octanol–water partition coefficient (Wildman–Crippen LogP) is 6.36.